The molecular formula is C16H19N3S. The summed E-state index contributed by atoms with van der Waals surface area (Å²) in [6.07, 6.45) is 1.91. The van der Waals surface area contributed by atoms with E-state index in [-0.39, 0.29) is 0 Å². The molecule has 0 unspecified atom stereocenters. The van der Waals surface area contributed by atoms with Gasteiger partial charge in [-0.3, -0.25) is 4.90 Å². The lowest BCUT2D eigenvalue weighted by Gasteiger charge is -2.21. The molecule has 2 atom stereocenters. The highest BCUT2D eigenvalue weighted by atomic mass is 32.1. The van der Waals surface area contributed by atoms with E-state index in [1.807, 2.05) is 6.20 Å². The van der Waals surface area contributed by atoms with Gasteiger partial charge in [0.15, 0.2) is 5.13 Å². The molecular weight excluding hydrogens is 266 g/mol. The predicted molar refractivity (Wildman–Crippen MR) is 83.0 cm³/mol. The third-order valence-corrected chi connectivity index (χ3v) is 5.33. The Labute approximate surface area is 123 Å². The second kappa shape index (κ2) is 5.19. The van der Waals surface area contributed by atoms with Crippen LogP contribution in [0.1, 0.15) is 5.56 Å². The van der Waals surface area contributed by atoms with Crippen molar-refractivity contribution in [3.63, 3.8) is 0 Å². The lowest BCUT2D eigenvalue weighted by Crippen LogP contribution is -2.28. The number of rotatable bonds is 3. The number of nitrogens with zero attached hydrogens (tertiary/aromatic N) is 3. The number of anilines is 1. The Morgan fingerprint density at radius 2 is 1.80 bits per heavy atom. The van der Waals surface area contributed by atoms with E-state index < -0.39 is 0 Å². The van der Waals surface area contributed by atoms with E-state index in [9.17, 15) is 0 Å². The molecule has 0 aliphatic carbocycles. The average Bonchev–Trinajstić information content (AvgIpc) is 3.13. The zero-order chi connectivity index (χ0) is 13.4. The minimum Gasteiger partial charge on any atom is -0.347 e. The molecule has 0 saturated carbocycles. The second-order valence-corrected chi connectivity index (χ2v) is 6.79. The fourth-order valence-corrected chi connectivity index (χ4v) is 4.25. The Morgan fingerprint density at radius 1 is 1.05 bits per heavy atom. The van der Waals surface area contributed by atoms with Crippen molar-refractivity contribution < 1.29 is 0 Å². The summed E-state index contributed by atoms with van der Waals surface area (Å²) >= 11 is 1.76. The fraction of sp³-hybridized carbons (Fsp3) is 0.438. The van der Waals surface area contributed by atoms with E-state index in [1.54, 1.807) is 11.3 Å². The summed E-state index contributed by atoms with van der Waals surface area (Å²) in [7, 11) is 0. The quantitative estimate of drug-likeness (QED) is 0.864. The molecule has 4 rings (SSSR count). The number of likely N-dealkylation sites (tertiary alicyclic amines) is 1. The molecule has 0 N–H and O–H groups in total. The third kappa shape index (κ3) is 2.34. The van der Waals surface area contributed by atoms with Crippen molar-refractivity contribution in [3.8, 4) is 0 Å². The Morgan fingerprint density at radius 3 is 2.45 bits per heavy atom. The lowest BCUT2D eigenvalue weighted by molar-refractivity contribution is 0.309. The first-order valence-electron chi connectivity index (χ1n) is 7.29. The van der Waals surface area contributed by atoms with Crippen molar-refractivity contribution in [1.29, 1.82) is 0 Å². The topological polar surface area (TPSA) is 19.4 Å². The summed E-state index contributed by atoms with van der Waals surface area (Å²) in [4.78, 5) is 9.53. The number of thiazole rings is 1. The number of benzene rings is 1. The van der Waals surface area contributed by atoms with Crippen LogP contribution in [-0.2, 0) is 6.54 Å². The van der Waals surface area contributed by atoms with Crippen LogP contribution in [0, 0.1) is 11.8 Å². The Balaban J connectivity index is 1.37. The monoisotopic (exact) mass is 285 g/mol. The van der Waals surface area contributed by atoms with E-state index in [2.05, 4.69) is 50.5 Å². The van der Waals surface area contributed by atoms with Gasteiger partial charge in [0.05, 0.1) is 0 Å². The molecule has 3 nitrogen and oxygen atoms in total. The zero-order valence-electron chi connectivity index (χ0n) is 11.5. The van der Waals surface area contributed by atoms with Gasteiger partial charge in [0, 0.05) is 44.3 Å². The Hall–Kier alpha value is -1.39. The predicted octanol–water partition coefficient (Wildman–Crippen LogP) is 2.71. The second-order valence-electron chi connectivity index (χ2n) is 5.92. The van der Waals surface area contributed by atoms with Crippen molar-refractivity contribution >= 4 is 16.5 Å². The smallest absolute Gasteiger partial charge is 0.185 e. The van der Waals surface area contributed by atoms with Crippen molar-refractivity contribution in [2.24, 2.45) is 11.8 Å². The van der Waals surface area contributed by atoms with Gasteiger partial charge in [-0.05, 0) is 17.4 Å². The average molecular weight is 285 g/mol. The maximum atomic E-state index is 4.44. The SMILES string of the molecule is c1ccc(CN2C[C@H]3CN(c4nccs4)C[C@@H]3C2)cc1. The minimum atomic E-state index is 0.822. The largest absolute Gasteiger partial charge is 0.347 e. The van der Waals surface area contributed by atoms with Gasteiger partial charge in [-0.2, -0.15) is 0 Å². The Bertz CT molecular complexity index is 540. The van der Waals surface area contributed by atoms with Gasteiger partial charge in [-0.25, -0.2) is 4.98 Å². The first-order valence-corrected chi connectivity index (χ1v) is 8.17. The van der Waals surface area contributed by atoms with Crippen LogP contribution in [-0.4, -0.2) is 36.1 Å². The van der Waals surface area contributed by atoms with Crippen LogP contribution in [0.3, 0.4) is 0 Å². The number of hydrogen-bond donors (Lipinski definition) is 0. The molecule has 4 heteroatoms. The molecule has 2 aliphatic rings. The first-order chi connectivity index (χ1) is 9.88. The van der Waals surface area contributed by atoms with Crippen molar-refractivity contribution in [3.05, 3.63) is 47.5 Å². The van der Waals surface area contributed by atoms with Crippen LogP contribution >= 0.6 is 11.3 Å². The van der Waals surface area contributed by atoms with Gasteiger partial charge in [0.25, 0.3) is 0 Å². The Kier molecular flexibility index (Phi) is 3.20. The van der Waals surface area contributed by atoms with Crippen LogP contribution in [0.5, 0.6) is 0 Å². The fourth-order valence-electron chi connectivity index (χ4n) is 3.59. The summed E-state index contributed by atoms with van der Waals surface area (Å²) in [5.74, 6) is 1.64. The molecule has 2 aromatic rings. The van der Waals surface area contributed by atoms with Crippen LogP contribution in [0.25, 0.3) is 0 Å². The minimum absolute atomic E-state index is 0.822. The van der Waals surface area contributed by atoms with Gasteiger partial charge < -0.3 is 4.90 Å². The summed E-state index contributed by atoms with van der Waals surface area (Å²) in [6, 6.07) is 10.8. The van der Waals surface area contributed by atoms with Crippen LogP contribution in [0.4, 0.5) is 5.13 Å². The van der Waals surface area contributed by atoms with E-state index in [1.165, 1.54) is 36.9 Å². The maximum absolute atomic E-state index is 4.44. The third-order valence-electron chi connectivity index (χ3n) is 4.50. The van der Waals surface area contributed by atoms with Gasteiger partial charge >= 0.3 is 0 Å². The molecule has 0 bridgehead atoms. The number of fused-ring (bicyclic) bond motifs is 1. The van der Waals surface area contributed by atoms with Crippen molar-refractivity contribution in [2.75, 3.05) is 31.1 Å². The standard InChI is InChI=1S/C16H19N3S/c1-2-4-13(5-3-1)8-18-9-14-11-19(12-15(14)10-18)16-17-6-7-20-16/h1-7,14-15H,8-12H2/t14-,15-/m0/s1. The van der Waals surface area contributed by atoms with Gasteiger partial charge in [-0.1, -0.05) is 30.3 Å². The molecule has 3 heterocycles. The van der Waals surface area contributed by atoms with E-state index in [0.29, 0.717) is 0 Å². The number of hydrogen-bond acceptors (Lipinski definition) is 4. The van der Waals surface area contributed by atoms with Gasteiger partial charge in [0.2, 0.25) is 0 Å². The van der Waals surface area contributed by atoms with Crippen LogP contribution < -0.4 is 4.90 Å². The molecule has 1 aromatic heterocycles. The molecule has 2 fully saturated rings. The molecule has 0 amide bonds. The van der Waals surface area contributed by atoms with Crippen LogP contribution in [0.2, 0.25) is 0 Å². The first kappa shape index (κ1) is 12.4. The molecule has 2 aliphatic heterocycles. The highest BCUT2D eigenvalue weighted by Crippen LogP contribution is 2.35. The van der Waals surface area contributed by atoms with Crippen LogP contribution in [0.15, 0.2) is 41.9 Å². The summed E-state index contributed by atoms with van der Waals surface area (Å²) in [6.45, 7) is 5.95. The lowest BCUT2D eigenvalue weighted by atomic mass is 10.0. The molecule has 2 saturated heterocycles. The van der Waals surface area contributed by atoms with E-state index in [4.69, 9.17) is 0 Å². The van der Waals surface area contributed by atoms with Crippen molar-refractivity contribution in [2.45, 2.75) is 6.54 Å². The van der Waals surface area contributed by atoms with Gasteiger partial charge in [-0.15, -0.1) is 11.3 Å². The van der Waals surface area contributed by atoms with E-state index >= 15 is 0 Å². The highest BCUT2D eigenvalue weighted by molar-refractivity contribution is 7.13. The molecule has 104 valence electrons. The highest BCUT2D eigenvalue weighted by Gasteiger charge is 2.40. The summed E-state index contributed by atoms with van der Waals surface area (Å²) in [5.41, 5.74) is 1.43. The summed E-state index contributed by atoms with van der Waals surface area (Å²) in [5, 5.41) is 3.28. The van der Waals surface area contributed by atoms with Gasteiger partial charge in [0.1, 0.15) is 0 Å². The normalized spacial score (nSPS) is 26.1. The summed E-state index contributed by atoms with van der Waals surface area (Å²) < 4.78 is 0. The molecule has 0 radical (unpaired) electrons. The maximum Gasteiger partial charge on any atom is 0.185 e. The van der Waals surface area contributed by atoms with Crippen molar-refractivity contribution in [1.82, 2.24) is 9.88 Å². The molecule has 20 heavy (non-hydrogen) atoms. The van der Waals surface area contributed by atoms with E-state index in [0.717, 1.165) is 18.4 Å². The molecule has 0 spiro atoms. The number of aromatic nitrogens is 1. The molecule has 1 aromatic carbocycles. The zero-order valence-corrected chi connectivity index (χ0v) is 12.3.